The Kier molecular flexibility index (Phi) is 2.17. The molecule has 70 valence electrons. The normalized spacial score (nSPS) is 15.4. The van der Waals surface area contributed by atoms with E-state index in [2.05, 4.69) is 20.9 Å². The van der Waals surface area contributed by atoms with Crippen LogP contribution in [0.1, 0.15) is 0 Å². The number of rotatable bonds is 1. The molecule has 1 aromatic heterocycles. The van der Waals surface area contributed by atoms with Crippen LogP contribution in [0.5, 0.6) is 0 Å². The molecule has 1 aliphatic rings. The molecule has 0 spiro atoms. The Morgan fingerprint density at radius 1 is 1.14 bits per heavy atom. The van der Waals surface area contributed by atoms with Crippen LogP contribution in [0.3, 0.4) is 0 Å². The molecule has 5 heteroatoms. The van der Waals surface area contributed by atoms with Crippen LogP contribution in [0.25, 0.3) is 0 Å². The Bertz CT molecular complexity index is 424. The van der Waals surface area contributed by atoms with Gasteiger partial charge in [-0.2, -0.15) is 0 Å². The maximum Gasteiger partial charge on any atom is 0.259 e. The van der Waals surface area contributed by atoms with E-state index in [1.807, 2.05) is 0 Å². The average Bonchev–Trinajstić information content (AvgIpc) is 2.46. The van der Waals surface area contributed by atoms with Gasteiger partial charge in [-0.05, 0) is 28.1 Å². The lowest BCUT2D eigenvalue weighted by atomic mass is 10.4. The van der Waals surface area contributed by atoms with Crippen molar-refractivity contribution < 1.29 is 9.59 Å². The highest BCUT2D eigenvalue weighted by atomic mass is 79.9. The first-order chi connectivity index (χ1) is 6.68. The van der Waals surface area contributed by atoms with Crippen molar-refractivity contribution in [3.05, 3.63) is 35.0 Å². The molecule has 0 fully saturated rings. The Morgan fingerprint density at radius 2 is 1.79 bits per heavy atom. The minimum atomic E-state index is -0.361. The van der Waals surface area contributed by atoms with Gasteiger partial charge >= 0.3 is 0 Å². The molecule has 0 saturated heterocycles. The fourth-order valence-corrected chi connectivity index (χ4v) is 1.48. The van der Waals surface area contributed by atoms with E-state index < -0.39 is 0 Å². The summed E-state index contributed by atoms with van der Waals surface area (Å²) >= 11 is 3.17. The lowest BCUT2D eigenvalue weighted by molar-refractivity contribution is -0.120. The van der Waals surface area contributed by atoms with Crippen LogP contribution in [0.15, 0.2) is 35.0 Å². The van der Waals surface area contributed by atoms with Crippen LogP contribution in [0.4, 0.5) is 5.82 Å². The van der Waals surface area contributed by atoms with Gasteiger partial charge in [-0.1, -0.05) is 6.07 Å². The minimum absolute atomic E-state index is 0.333. The minimum Gasteiger partial charge on any atom is -0.269 e. The number of nitrogens with zero attached hydrogens (tertiary/aromatic N) is 2. The van der Waals surface area contributed by atoms with Crippen LogP contribution in [0.2, 0.25) is 0 Å². The molecule has 0 saturated carbocycles. The number of hydrogen-bond acceptors (Lipinski definition) is 3. The van der Waals surface area contributed by atoms with Crippen LogP contribution in [-0.2, 0) is 9.59 Å². The predicted molar refractivity (Wildman–Crippen MR) is 53.6 cm³/mol. The number of anilines is 1. The SMILES string of the molecule is O=C1C=CC(=O)N1c1cccc(Br)n1. The van der Waals surface area contributed by atoms with E-state index in [0.717, 1.165) is 4.90 Å². The Morgan fingerprint density at radius 3 is 2.36 bits per heavy atom. The molecular weight excluding hydrogens is 248 g/mol. The quantitative estimate of drug-likeness (QED) is 0.559. The summed E-state index contributed by atoms with van der Waals surface area (Å²) < 4.78 is 0.586. The zero-order valence-corrected chi connectivity index (χ0v) is 8.56. The third-order valence-electron chi connectivity index (χ3n) is 1.74. The molecule has 4 nitrogen and oxygen atoms in total. The van der Waals surface area contributed by atoms with Gasteiger partial charge in [0.2, 0.25) is 0 Å². The van der Waals surface area contributed by atoms with Gasteiger partial charge in [-0.25, -0.2) is 9.88 Å². The van der Waals surface area contributed by atoms with Gasteiger partial charge in [0.05, 0.1) is 0 Å². The molecule has 2 rings (SSSR count). The largest absolute Gasteiger partial charge is 0.269 e. The Balaban J connectivity index is 2.41. The van der Waals surface area contributed by atoms with E-state index in [0.29, 0.717) is 10.4 Å². The third kappa shape index (κ3) is 1.46. The molecule has 0 aromatic carbocycles. The van der Waals surface area contributed by atoms with E-state index in [4.69, 9.17) is 0 Å². The summed E-state index contributed by atoms with van der Waals surface area (Å²) in [6.07, 6.45) is 2.45. The smallest absolute Gasteiger partial charge is 0.259 e. The number of amides is 2. The van der Waals surface area contributed by atoms with Gasteiger partial charge in [-0.3, -0.25) is 9.59 Å². The summed E-state index contributed by atoms with van der Waals surface area (Å²) in [5, 5.41) is 0. The summed E-state index contributed by atoms with van der Waals surface area (Å²) in [4.78, 5) is 27.6. The number of aromatic nitrogens is 1. The number of pyridine rings is 1. The fraction of sp³-hybridized carbons (Fsp3) is 0. The maximum atomic E-state index is 11.3. The summed E-state index contributed by atoms with van der Waals surface area (Å²) in [6.45, 7) is 0. The predicted octanol–water partition coefficient (Wildman–Crippen LogP) is 1.27. The number of hydrogen-bond donors (Lipinski definition) is 0. The van der Waals surface area contributed by atoms with Crippen molar-refractivity contribution in [3.8, 4) is 0 Å². The number of carbonyl (C=O) groups is 2. The van der Waals surface area contributed by atoms with Crippen molar-refractivity contribution in [3.63, 3.8) is 0 Å². The maximum absolute atomic E-state index is 11.3. The van der Waals surface area contributed by atoms with Gasteiger partial charge in [0.1, 0.15) is 10.4 Å². The first-order valence-electron chi connectivity index (χ1n) is 3.87. The van der Waals surface area contributed by atoms with Crippen molar-refractivity contribution in [2.24, 2.45) is 0 Å². The lowest BCUT2D eigenvalue weighted by Crippen LogP contribution is -2.30. The Labute approximate surface area is 88.4 Å². The monoisotopic (exact) mass is 252 g/mol. The molecule has 0 aliphatic carbocycles. The van der Waals surface area contributed by atoms with Crippen LogP contribution in [-0.4, -0.2) is 16.8 Å². The number of imide groups is 1. The van der Waals surface area contributed by atoms with Gasteiger partial charge in [0.15, 0.2) is 0 Å². The first kappa shape index (κ1) is 9.08. The zero-order valence-electron chi connectivity index (χ0n) is 6.98. The van der Waals surface area contributed by atoms with E-state index in [1.165, 1.54) is 12.2 Å². The topological polar surface area (TPSA) is 50.3 Å². The summed E-state index contributed by atoms with van der Waals surface area (Å²) in [7, 11) is 0. The molecule has 1 aliphatic heterocycles. The van der Waals surface area contributed by atoms with E-state index in [9.17, 15) is 9.59 Å². The molecule has 1 aromatic rings. The van der Waals surface area contributed by atoms with Crippen molar-refractivity contribution >= 4 is 33.6 Å². The third-order valence-corrected chi connectivity index (χ3v) is 2.18. The van der Waals surface area contributed by atoms with Crippen molar-refractivity contribution in [2.75, 3.05) is 4.90 Å². The van der Waals surface area contributed by atoms with Crippen LogP contribution >= 0.6 is 15.9 Å². The van der Waals surface area contributed by atoms with E-state index >= 15 is 0 Å². The molecule has 14 heavy (non-hydrogen) atoms. The molecule has 0 unspecified atom stereocenters. The van der Waals surface area contributed by atoms with Crippen molar-refractivity contribution in [1.82, 2.24) is 4.98 Å². The van der Waals surface area contributed by atoms with Gasteiger partial charge in [0, 0.05) is 12.2 Å². The highest BCUT2D eigenvalue weighted by Crippen LogP contribution is 2.18. The second-order valence-electron chi connectivity index (χ2n) is 2.66. The highest BCUT2D eigenvalue weighted by molar-refractivity contribution is 9.10. The zero-order chi connectivity index (χ0) is 10.1. The molecule has 2 heterocycles. The van der Waals surface area contributed by atoms with Crippen LogP contribution in [0, 0.1) is 0 Å². The van der Waals surface area contributed by atoms with Gasteiger partial charge in [-0.15, -0.1) is 0 Å². The summed E-state index contributed by atoms with van der Waals surface area (Å²) in [6, 6.07) is 5.04. The lowest BCUT2D eigenvalue weighted by Gasteiger charge is -2.11. The second kappa shape index (κ2) is 3.34. The first-order valence-corrected chi connectivity index (χ1v) is 4.66. The second-order valence-corrected chi connectivity index (χ2v) is 3.48. The molecular formula is C9H5BrN2O2. The van der Waals surface area contributed by atoms with E-state index in [-0.39, 0.29) is 11.8 Å². The average molecular weight is 253 g/mol. The van der Waals surface area contributed by atoms with Crippen LogP contribution < -0.4 is 4.90 Å². The molecule has 0 radical (unpaired) electrons. The number of halogens is 1. The highest BCUT2D eigenvalue weighted by Gasteiger charge is 2.25. The molecule has 0 atom stereocenters. The Hall–Kier alpha value is -1.49. The van der Waals surface area contributed by atoms with Crippen molar-refractivity contribution in [2.45, 2.75) is 0 Å². The molecule has 0 bridgehead atoms. The van der Waals surface area contributed by atoms with Crippen molar-refractivity contribution in [1.29, 1.82) is 0 Å². The standard InChI is InChI=1S/C9H5BrN2O2/c10-6-2-1-3-7(11-6)12-8(13)4-5-9(12)14/h1-5H. The number of carbonyl (C=O) groups excluding carboxylic acids is 2. The van der Waals surface area contributed by atoms with Gasteiger partial charge < -0.3 is 0 Å². The molecule has 2 amide bonds. The van der Waals surface area contributed by atoms with E-state index in [1.54, 1.807) is 18.2 Å². The fourth-order valence-electron chi connectivity index (χ4n) is 1.15. The van der Waals surface area contributed by atoms with Gasteiger partial charge in [0.25, 0.3) is 11.8 Å². The molecule has 0 N–H and O–H groups in total. The summed E-state index contributed by atoms with van der Waals surface area (Å²) in [5.41, 5.74) is 0. The summed E-state index contributed by atoms with van der Waals surface area (Å²) in [5.74, 6) is -0.388.